The molecular weight excluding hydrogens is 280 g/mol. The molecule has 0 radical (unpaired) electrons. The van der Waals surface area contributed by atoms with Crippen LogP contribution in [-0.4, -0.2) is 17.7 Å². The molecule has 1 aliphatic rings. The molecule has 20 heavy (non-hydrogen) atoms. The standard InChI is InChI=1S/C10H8F4N6/c11-6-2-1-4(3-5(6)10(12,13)14)17-18-7-8(15)19-20-9(7)16/h1-3,7H,(H2,15,19)(H2,16,20). The van der Waals surface area contributed by atoms with Crippen LogP contribution >= 0.6 is 0 Å². The van der Waals surface area contributed by atoms with E-state index in [-0.39, 0.29) is 17.4 Å². The first-order valence-corrected chi connectivity index (χ1v) is 5.23. The monoisotopic (exact) mass is 288 g/mol. The van der Waals surface area contributed by atoms with E-state index in [0.29, 0.717) is 12.1 Å². The summed E-state index contributed by atoms with van der Waals surface area (Å²) in [5.74, 6) is -1.44. The van der Waals surface area contributed by atoms with Crippen molar-refractivity contribution in [2.75, 3.05) is 0 Å². The average molecular weight is 288 g/mol. The van der Waals surface area contributed by atoms with E-state index in [1.807, 2.05) is 0 Å². The van der Waals surface area contributed by atoms with E-state index in [0.717, 1.165) is 6.07 Å². The van der Waals surface area contributed by atoms with E-state index < -0.39 is 23.6 Å². The highest BCUT2D eigenvalue weighted by Crippen LogP contribution is 2.33. The number of alkyl halides is 3. The van der Waals surface area contributed by atoms with Gasteiger partial charge in [0.15, 0.2) is 17.7 Å². The van der Waals surface area contributed by atoms with Gasteiger partial charge in [0.1, 0.15) is 5.82 Å². The number of nitrogens with zero attached hydrogens (tertiary/aromatic N) is 4. The predicted molar refractivity (Wildman–Crippen MR) is 63.0 cm³/mol. The van der Waals surface area contributed by atoms with Crippen LogP contribution in [0.4, 0.5) is 23.2 Å². The molecule has 10 heteroatoms. The minimum absolute atomic E-state index is 0.0237. The van der Waals surface area contributed by atoms with Crippen LogP contribution in [0.3, 0.4) is 0 Å². The number of hydrogen-bond acceptors (Lipinski definition) is 6. The van der Waals surface area contributed by atoms with Gasteiger partial charge in [-0.15, -0.1) is 10.2 Å². The van der Waals surface area contributed by atoms with Gasteiger partial charge in [-0.2, -0.15) is 23.4 Å². The van der Waals surface area contributed by atoms with Crippen molar-refractivity contribution < 1.29 is 17.6 Å². The molecule has 0 saturated carbocycles. The fourth-order valence-electron chi connectivity index (χ4n) is 1.41. The van der Waals surface area contributed by atoms with Gasteiger partial charge in [0, 0.05) is 0 Å². The Balaban J connectivity index is 2.27. The van der Waals surface area contributed by atoms with Crippen LogP contribution in [0.25, 0.3) is 0 Å². The van der Waals surface area contributed by atoms with Gasteiger partial charge in [-0.1, -0.05) is 0 Å². The Kier molecular flexibility index (Phi) is 3.38. The fourth-order valence-corrected chi connectivity index (χ4v) is 1.41. The van der Waals surface area contributed by atoms with Gasteiger partial charge in [0.2, 0.25) is 0 Å². The van der Waals surface area contributed by atoms with Crippen molar-refractivity contribution in [2.24, 2.45) is 31.9 Å². The third-order valence-corrected chi connectivity index (χ3v) is 2.39. The molecule has 0 atom stereocenters. The Morgan fingerprint density at radius 1 is 1.10 bits per heavy atom. The normalized spacial score (nSPS) is 16.6. The van der Waals surface area contributed by atoms with E-state index in [9.17, 15) is 17.6 Å². The first-order valence-electron chi connectivity index (χ1n) is 5.23. The number of halogens is 4. The highest BCUT2D eigenvalue weighted by Gasteiger charge is 2.34. The molecule has 0 bridgehead atoms. The number of hydrogen-bond donors (Lipinski definition) is 2. The first-order chi connectivity index (χ1) is 9.29. The Morgan fingerprint density at radius 2 is 1.70 bits per heavy atom. The van der Waals surface area contributed by atoms with E-state index in [1.165, 1.54) is 0 Å². The lowest BCUT2D eigenvalue weighted by Crippen LogP contribution is -2.35. The van der Waals surface area contributed by atoms with Crippen LogP contribution in [-0.2, 0) is 6.18 Å². The SMILES string of the molecule is NC1=NN=C(N)C1N=Nc1ccc(F)c(C(F)(F)F)c1. The number of nitrogens with two attached hydrogens (primary N) is 2. The number of azo groups is 1. The zero-order valence-electron chi connectivity index (χ0n) is 9.76. The lowest BCUT2D eigenvalue weighted by molar-refractivity contribution is -0.139. The largest absolute Gasteiger partial charge is 0.419 e. The summed E-state index contributed by atoms with van der Waals surface area (Å²) < 4.78 is 50.6. The number of rotatable bonds is 2. The summed E-state index contributed by atoms with van der Waals surface area (Å²) in [4.78, 5) is 0. The molecule has 0 amide bonds. The second-order valence-electron chi connectivity index (χ2n) is 3.83. The lowest BCUT2D eigenvalue weighted by atomic mass is 10.2. The molecule has 0 fully saturated rings. The molecule has 1 aliphatic heterocycles. The van der Waals surface area contributed by atoms with Crippen LogP contribution in [0.15, 0.2) is 38.6 Å². The molecule has 4 N–H and O–H groups in total. The molecular formula is C10H8F4N6. The zero-order chi connectivity index (χ0) is 14.9. The van der Waals surface area contributed by atoms with Gasteiger partial charge >= 0.3 is 6.18 Å². The zero-order valence-corrected chi connectivity index (χ0v) is 9.76. The van der Waals surface area contributed by atoms with Crippen molar-refractivity contribution >= 4 is 17.4 Å². The van der Waals surface area contributed by atoms with Crippen LogP contribution in [0.5, 0.6) is 0 Å². The summed E-state index contributed by atoms with van der Waals surface area (Å²) in [6.07, 6.45) is -4.82. The second-order valence-corrected chi connectivity index (χ2v) is 3.83. The van der Waals surface area contributed by atoms with E-state index >= 15 is 0 Å². The lowest BCUT2D eigenvalue weighted by Gasteiger charge is -2.08. The quantitative estimate of drug-likeness (QED) is 0.641. The Bertz CT molecular complexity index is 601. The molecule has 1 aromatic rings. The molecule has 0 unspecified atom stereocenters. The summed E-state index contributed by atoms with van der Waals surface area (Å²) in [5.41, 5.74) is 9.22. The smallest absolute Gasteiger partial charge is 0.383 e. The topological polar surface area (TPSA) is 101 Å². The maximum absolute atomic E-state index is 13.1. The van der Waals surface area contributed by atoms with Gasteiger partial charge in [0.05, 0.1) is 11.3 Å². The summed E-state index contributed by atoms with van der Waals surface area (Å²) in [7, 11) is 0. The summed E-state index contributed by atoms with van der Waals surface area (Å²) in [6, 6.07) is 1.31. The minimum atomic E-state index is -4.82. The average Bonchev–Trinajstić information content (AvgIpc) is 2.67. The summed E-state index contributed by atoms with van der Waals surface area (Å²) in [5, 5.41) is 14.1. The first kappa shape index (κ1) is 13.9. The van der Waals surface area contributed by atoms with Crippen LogP contribution < -0.4 is 11.5 Å². The molecule has 0 aromatic heterocycles. The minimum Gasteiger partial charge on any atom is -0.383 e. The Hall–Kier alpha value is -2.52. The molecule has 6 nitrogen and oxygen atoms in total. The molecule has 0 spiro atoms. The van der Waals surface area contributed by atoms with Gasteiger partial charge in [0.25, 0.3) is 0 Å². The third kappa shape index (κ3) is 2.73. The van der Waals surface area contributed by atoms with Gasteiger partial charge < -0.3 is 11.5 Å². The van der Waals surface area contributed by atoms with Crippen LogP contribution in [0.1, 0.15) is 5.56 Å². The van der Waals surface area contributed by atoms with E-state index in [1.54, 1.807) is 0 Å². The number of benzene rings is 1. The highest BCUT2D eigenvalue weighted by molar-refractivity contribution is 6.11. The van der Waals surface area contributed by atoms with Gasteiger partial charge in [-0.25, -0.2) is 4.39 Å². The predicted octanol–water partition coefficient (Wildman–Crippen LogP) is 1.94. The maximum atomic E-state index is 13.1. The van der Waals surface area contributed by atoms with Crippen molar-refractivity contribution in [3.8, 4) is 0 Å². The fraction of sp³-hybridized carbons (Fsp3) is 0.200. The van der Waals surface area contributed by atoms with Gasteiger partial charge in [-0.05, 0) is 18.2 Å². The van der Waals surface area contributed by atoms with Crippen LogP contribution in [0.2, 0.25) is 0 Å². The molecule has 0 saturated heterocycles. The Labute approximate surface area is 109 Å². The Morgan fingerprint density at radius 3 is 2.25 bits per heavy atom. The molecule has 0 aliphatic carbocycles. The number of amidine groups is 2. The van der Waals surface area contributed by atoms with Crippen molar-refractivity contribution in [3.63, 3.8) is 0 Å². The molecule has 1 aromatic carbocycles. The van der Waals surface area contributed by atoms with Crippen molar-refractivity contribution in [3.05, 3.63) is 29.6 Å². The van der Waals surface area contributed by atoms with Crippen molar-refractivity contribution in [1.82, 2.24) is 0 Å². The second kappa shape index (κ2) is 4.87. The third-order valence-electron chi connectivity index (χ3n) is 2.39. The van der Waals surface area contributed by atoms with E-state index in [4.69, 9.17) is 11.5 Å². The van der Waals surface area contributed by atoms with Gasteiger partial charge in [-0.3, -0.25) is 0 Å². The molecule has 1 heterocycles. The summed E-state index contributed by atoms with van der Waals surface area (Å²) >= 11 is 0. The van der Waals surface area contributed by atoms with Crippen LogP contribution in [0, 0.1) is 5.82 Å². The van der Waals surface area contributed by atoms with E-state index in [2.05, 4.69) is 20.4 Å². The van der Waals surface area contributed by atoms with Crippen molar-refractivity contribution in [2.45, 2.75) is 12.2 Å². The van der Waals surface area contributed by atoms with Crippen molar-refractivity contribution in [1.29, 1.82) is 0 Å². The maximum Gasteiger partial charge on any atom is 0.419 e. The highest BCUT2D eigenvalue weighted by atomic mass is 19.4. The summed E-state index contributed by atoms with van der Waals surface area (Å²) in [6.45, 7) is 0. The molecule has 106 valence electrons. The molecule has 2 rings (SSSR count).